The molecule has 0 spiro atoms. The summed E-state index contributed by atoms with van der Waals surface area (Å²) in [6.07, 6.45) is 5.73. The Morgan fingerprint density at radius 2 is 1.78 bits per heavy atom. The van der Waals surface area contributed by atoms with Crippen molar-refractivity contribution in [3.8, 4) is 17.2 Å². The number of likely N-dealkylation sites (tertiary alicyclic amines) is 2. The van der Waals surface area contributed by atoms with Gasteiger partial charge < -0.3 is 24.2 Å². The number of amides is 1. The molecule has 7 nitrogen and oxygen atoms in total. The van der Waals surface area contributed by atoms with Crippen LogP contribution in [0.3, 0.4) is 0 Å². The first-order chi connectivity index (χ1) is 18.0. The van der Waals surface area contributed by atoms with Crippen LogP contribution in [0, 0.1) is 5.82 Å². The molecule has 0 saturated carbocycles. The number of nitrogens with zero attached hydrogens (tertiary/aromatic N) is 2. The zero-order valence-corrected chi connectivity index (χ0v) is 21.8. The molecular weight excluding hydrogens is 475 g/mol. The van der Waals surface area contributed by atoms with Gasteiger partial charge in [0.25, 0.3) is 0 Å². The van der Waals surface area contributed by atoms with Gasteiger partial charge in [0.1, 0.15) is 12.2 Å². The molecule has 4 rings (SSSR count). The number of carbonyl (C=O) groups excluding carboxylic acids is 1. The molecule has 0 bridgehead atoms. The second-order valence-electron chi connectivity index (χ2n) is 10.1. The summed E-state index contributed by atoms with van der Waals surface area (Å²) in [4.78, 5) is 16.4. The van der Waals surface area contributed by atoms with Gasteiger partial charge in [-0.1, -0.05) is 24.6 Å². The maximum Gasteiger partial charge on any atom is 0.222 e. The van der Waals surface area contributed by atoms with Crippen molar-refractivity contribution in [3.63, 3.8) is 0 Å². The summed E-state index contributed by atoms with van der Waals surface area (Å²) in [6, 6.07) is 12.2. The summed E-state index contributed by atoms with van der Waals surface area (Å²) in [6.45, 7) is 4.31. The van der Waals surface area contributed by atoms with Crippen molar-refractivity contribution >= 4 is 5.91 Å². The molecule has 1 N–H and O–H groups in total. The Morgan fingerprint density at radius 3 is 2.57 bits per heavy atom. The number of ether oxygens (including phenoxy) is 3. The van der Waals surface area contributed by atoms with Crippen LogP contribution in [0.4, 0.5) is 4.39 Å². The van der Waals surface area contributed by atoms with E-state index in [0.29, 0.717) is 50.5 Å². The quantitative estimate of drug-likeness (QED) is 0.448. The molecular formula is C29H39FN2O5. The van der Waals surface area contributed by atoms with E-state index in [1.54, 1.807) is 25.3 Å². The molecule has 8 heteroatoms. The lowest BCUT2D eigenvalue weighted by Gasteiger charge is -2.38. The minimum absolute atomic E-state index is 0.0747. The number of para-hydroxylation sites is 1. The second kappa shape index (κ2) is 13.1. The molecule has 2 fully saturated rings. The number of halogens is 1. The third-order valence-electron chi connectivity index (χ3n) is 7.26. The van der Waals surface area contributed by atoms with Crippen molar-refractivity contribution in [2.45, 2.75) is 57.1 Å². The van der Waals surface area contributed by atoms with Crippen molar-refractivity contribution in [1.29, 1.82) is 0 Å². The highest BCUT2D eigenvalue weighted by molar-refractivity contribution is 5.76. The van der Waals surface area contributed by atoms with Gasteiger partial charge in [-0.2, -0.15) is 0 Å². The van der Waals surface area contributed by atoms with Crippen LogP contribution in [0.2, 0.25) is 0 Å². The number of methoxy groups -OCH3 is 1. The molecule has 0 aromatic heterocycles. The number of aliphatic hydroxyl groups is 1. The van der Waals surface area contributed by atoms with Gasteiger partial charge in [-0.15, -0.1) is 0 Å². The largest absolute Gasteiger partial charge is 0.493 e. The Labute approximate surface area is 219 Å². The minimum atomic E-state index is -0.971. The van der Waals surface area contributed by atoms with E-state index in [1.807, 2.05) is 23.1 Å². The Morgan fingerprint density at radius 1 is 0.973 bits per heavy atom. The molecule has 0 atom stereocenters. The first-order valence-corrected chi connectivity index (χ1v) is 13.4. The van der Waals surface area contributed by atoms with E-state index >= 15 is 0 Å². The molecule has 2 aromatic carbocycles. The number of hydrogen-bond donors (Lipinski definition) is 1. The van der Waals surface area contributed by atoms with Crippen molar-refractivity contribution in [2.75, 3.05) is 46.5 Å². The highest BCUT2D eigenvalue weighted by atomic mass is 19.1. The highest BCUT2D eigenvalue weighted by Crippen LogP contribution is 2.30. The van der Waals surface area contributed by atoms with Gasteiger partial charge in [0, 0.05) is 39.1 Å². The molecule has 2 saturated heterocycles. The molecule has 0 unspecified atom stereocenters. The van der Waals surface area contributed by atoms with E-state index in [0.717, 1.165) is 50.9 Å². The number of rotatable bonds is 11. The SMILES string of the molecule is COc1ccc(CN2CCC(O)(COc3ccccc3F)CC2)cc1OCCCN1CCCCCC1=O. The summed E-state index contributed by atoms with van der Waals surface area (Å²) < 4.78 is 31.0. The maximum absolute atomic E-state index is 13.8. The van der Waals surface area contributed by atoms with Crippen molar-refractivity contribution in [1.82, 2.24) is 9.80 Å². The standard InChI is InChI=1S/C29H39FN2O5/c1-35-26-12-11-23(20-27(26)36-19-7-16-32-15-6-2-3-10-28(32)33)21-31-17-13-29(34,14-18-31)22-37-25-9-5-4-8-24(25)30/h4-5,8-9,11-12,20,34H,2-3,6-7,10,13-19,21-22H2,1H3. The van der Waals surface area contributed by atoms with Crippen molar-refractivity contribution in [2.24, 2.45) is 0 Å². The maximum atomic E-state index is 13.8. The second-order valence-corrected chi connectivity index (χ2v) is 10.1. The Hall–Kier alpha value is -2.84. The summed E-state index contributed by atoms with van der Waals surface area (Å²) in [5.74, 6) is 1.39. The van der Waals surface area contributed by atoms with Crippen LogP contribution in [0.5, 0.6) is 17.2 Å². The third-order valence-corrected chi connectivity index (χ3v) is 7.26. The van der Waals surface area contributed by atoms with E-state index in [-0.39, 0.29) is 18.3 Å². The van der Waals surface area contributed by atoms with Gasteiger partial charge in [0.05, 0.1) is 13.7 Å². The smallest absolute Gasteiger partial charge is 0.222 e. The Balaban J connectivity index is 1.24. The van der Waals surface area contributed by atoms with E-state index in [4.69, 9.17) is 14.2 Å². The number of carbonyl (C=O) groups is 1. The summed E-state index contributed by atoms with van der Waals surface area (Å²) in [5.41, 5.74) is 0.133. The fraction of sp³-hybridized carbons (Fsp3) is 0.552. The van der Waals surface area contributed by atoms with Gasteiger partial charge in [0.15, 0.2) is 23.1 Å². The Bertz CT molecular complexity index is 1030. The zero-order chi connectivity index (χ0) is 26.1. The molecule has 1 amide bonds. The predicted molar refractivity (Wildman–Crippen MR) is 140 cm³/mol. The van der Waals surface area contributed by atoms with Gasteiger partial charge in [-0.25, -0.2) is 4.39 Å². The van der Waals surface area contributed by atoms with E-state index in [1.165, 1.54) is 6.07 Å². The topological polar surface area (TPSA) is 71.5 Å². The summed E-state index contributed by atoms with van der Waals surface area (Å²) in [7, 11) is 1.63. The molecule has 202 valence electrons. The summed E-state index contributed by atoms with van der Waals surface area (Å²) in [5, 5.41) is 10.9. The summed E-state index contributed by atoms with van der Waals surface area (Å²) >= 11 is 0. The molecule has 2 aliphatic rings. The fourth-order valence-electron chi connectivity index (χ4n) is 4.95. The first kappa shape index (κ1) is 27.2. The van der Waals surface area contributed by atoms with Crippen LogP contribution in [-0.2, 0) is 11.3 Å². The lowest BCUT2D eigenvalue weighted by molar-refractivity contribution is -0.130. The number of hydrogen-bond acceptors (Lipinski definition) is 6. The monoisotopic (exact) mass is 514 g/mol. The van der Waals surface area contributed by atoms with E-state index in [9.17, 15) is 14.3 Å². The van der Waals surface area contributed by atoms with Gasteiger partial charge in [0.2, 0.25) is 5.91 Å². The van der Waals surface area contributed by atoms with Crippen LogP contribution in [0.1, 0.15) is 50.5 Å². The molecule has 0 radical (unpaired) electrons. The zero-order valence-electron chi connectivity index (χ0n) is 21.8. The normalized spacial score (nSPS) is 18.4. The fourth-order valence-corrected chi connectivity index (χ4v) is 4.95. The Kier molecular flexibility index (Phi) is 9.63. The van der Waals surface area contributed by atoms with Crippen LogP contribution >= 0.6 is 0 Å². The van der Waals surface area contributed by atoms with Crippen LogP contribution in [-0.4, -0.2) is 72.9 Å². The third kappa shape index (κ3) is 7.82. The van der Waals surface area contributed by atoms with Gasteiger partial charge >= 0.3 is 0 Å². The van der Waals surface area contributed by atoms with Gasteiger partial charge in [-0.05, 0) is 61.9 Å². The van der Waals surface area contributed by atoms with Crippen LogP contribution in [0.25, 0.3) is 0 Å². The average molecular weight is 515 g/mol. The van der Waals surface area contributed by atoms with E-state index in [2.05, 4.69) is 4.90 Å². The lowest BCUT2D eigenvalue weighted by atomic mass is 9.92. The van der Waals surface area contributed by atoms with Crippen molar-refractivity contribution < 1.29 is 28.5 Å². The molecule has 0 aliphatic carbocycles. The molecule has 37 heavy (non-hydrogen) atoms. The number of benzene rings is 2. The van der Waals surface area contributed by atoms with E-state index < -0.39 is 11.4 Å². The minimum Gasteiger partial charge on any atom is -0.493 e. The average Bonchev–Trinajstić information content (AvgIpc) is 3.11. The number of piperidine rings is 1. The lowest BCUT2D eigenvalue weighted by Crippen LogP contribution is -2.47. The molecule has 2 aromatic rings. The van der Waals surface area contributed by atoms with Crippen LogP contribution in [0.15, 0.2) is 42.5 Å². The van der Waals surface area contributed by atoms with Crippen molar-refractivity contribution in [3.05, 3.63) is 53.8 Å². The highest BCUT2D eigenvalue weighted by Gasteiger charge is 2.33. The predicted octanol–water partition coefficient (Wildman–Crippen LogP) is 4.41. The molecule has 2 heterocycles. The molecule has 2 aliphatic heterocycles. The van der Waals surface area contributed by atoms with Gasteiger partial charge in [-0.3, -0.25) is 9.69 Å². The first-order valence-electron chi connectivity index (χ1n) is 13.4. The van der Waals surface area contributed by atoms with Crippen LogP contribution < -0.4 is 14.2 Å².